The summed E-state index contributed by atoms with van der Waals surface area (Å²) in [4.78, 5) is 31.6. The number of para-hydroxylation sites is 2. The van der Waals surface area contributed by atoms with Gasteiger partial charge in [-0.2, -0.15) is 0 Å². The highest BCUT2D eigenvalue weighted by atomic mass is 32.1. The zero-order chi connectivity index (χ0) is 18.5. The predicted molar refractivity (Wildman–Crippen MR) is 105 cm³/mol. The summed E-state index contributed by atoms with van der Waals surface area (Å²) in [5.41, 5.74) is 2.56. The van der Waals surface area contributed by atoms with Crippen LogP contribution in [0.25, 0.3) is 11.0 Å². The first-order valence-corrected chi connectivity index (χ1v) is 9.80. The Labute approximate surface area is 160 Å². The number of hydrogen-bond acceptors (Lipinski definition) is 5. The van der Waals surface area contributed by atoms with Crippen LogP contribution in [0.1, 0.15) is 40.0 Å². The smallest absolute Gasteiger partial charge is 0.271 e. The van der Waals surface area contributed by atoms with Crippen molar-refractivity contribution in [1.82, 2.24) is 30.2 Å². The number of imidazole rings is 2. The molecule has 0 aliphatic carbocycles. The number of aromatic nitrogens is 5. The third-order valence-corrected chi connectivity index (χ3v) is 5.16. The van der Waals surface area contributed by atoms with Crippen LogP contribution in [0.4, 0.5) is 0 Å². The average Bonchev–Trinajstić information content (AvgIpc) is 3.43. The molecule has 0 bridgehead atoms. The van der Waals surface area contributed by atoms with Gasteiger partial charge in [0.15, 0.2) is 0 Å². The highest BCUT2D eigenvalue weighted by Crippen LogP contribution is 2.15. The molecule has 138 valence electrons. The van der Waals surface area contributed by atoms with Crippen molar-refractivity contribution >= 4 is 28.3 Å². The van der Waals surface area contributed by atoms with Gasteiger partial charge in [-0.15, -0.1) is 11.3 Å². The lowest BCUT2D eigenvalue weighted by Gasteiger charge is -2.00. The maximum absolute atomic E-state index is 12.1. The second-order valence-electron chi connectivity index (χ2n) is 6.25. The van der Waals surface area contributed by atoms with E-state index in [1.54, 1.807) is 12.4 Å². The van der Waals surface area contributed by atoms with E-state index in [2.05, 4.69) is 30.2 Å². The van der Waals surface area contributed by atoms with Crippen LogP contribution in [0.5, 0.6) is 0 Å². The number of nitrogens with zero attached hydrogens (tertiary/aromatic N) is 3. The Bertz CT molecular complexity index is 987. The molecule has 0 aliphatic heterocycles. The Balaban J connectivity index is 1.22. The standard InChI is InChI=1S/C19H20N6OS/c26-19(22-11-17-20-9-10-21-17)15-12-27-18(25-15)8-4-3-7-16-23-13-5-1-2-6-14(13)24-16/h1-2,5-6,9-10,12H,3-4,7-8,11H2,(H,20,21)(H,22,26)(H,23,24). The summed E-state index contributed by atoms with van der Waals surface area (Å²) in [6.45, 7) is 0.371. The summed E-state index contributed by atoms with van der Waals surface area (Å²) in [6, 6.07) is 8.07. The number of aromatic amines is 2. The topological polar surface area (TPSA) is 99.4 Å². The van der Waals surface area contributed by atoms with Crippen molar-refractivity contribution < 1.29 is 4.79 Å². The largest absolute Gasteiger partial charge is 0.347 e. The van der Waals surface area contributed by atoms with Gasteiger partial charge in [0.1, 0.15) is 17.3 Å². The van der Waals surface area contributed by atoms with Crippen molar-refractivity contribution in [1.29, 1.82) is 0 Å². The van der Waals surface area contributed by atoms with E-state index in [9.17, 15) is 4.79 Å². The van der Waals surface area contributed by atoms with Crippen LogP contribution in [0.15, 0.2) is 42.0 Å². The third kappa shape index (κ3) is 4.40. The molecule has 0 saturated heterocycles. The number of thiazole rings is 1. The molecule has 0 saturated carbocycles. The molecule has 3 aromatic heterocycles. The molecule has 0 fully saturated rings. The summed E-state index contributed by atoms with van der Waals surface area (Å²) in [5, 5.41) is 5.62. The lowest BCUT2D eigenvalue weighted by Crippen LogP contribution is -2.23. The summed E-state index contributed by atoms with van der Waals surface area (Å²) in [7, 11) is 0. The number of carbonyl (C=O) groups is 1. The minimum Gasteiger partial charge on any atom is -0.347 e. The summed E-state index contributed by atoms with van der Waals surface area (Å²) >= 11 is 1.53. The van der Waals surface area contributed by atoms with Crippen molar-refractivity contribution in [3.05, 3.63) is 64.4 Å². The molecular weight excluding hydrogens is 360 g/mol. The third-order valence-electron chi connectivity index (χ3n) is 4.25. The minimum absolute atomic E-state index is 0.170. The molecule has 0 unspecified atom stereocenters. The highest BCUT2D eigenvalue weighted by molar-refractivity contribution is 7.09. The van der Waals surface area contributed by atoms with Gasteiger partial charge in [0.2, 0.25) is 0 Å². The van der Waals surface area contributed by atoms with Crippen LogP contribution in [-0.2, 0) is 19.4 Å². The molecule has 27 heavy (non-hydrogen) atoms. The number of H-pyrrole nitrogens is 2. The Morgan fingerprint density at radius 1 is 1.11 bits per heavy atom. The second-order valence-corrected chi connectivity index (χ2v) is 7.20. The molecule has 4 aromatic rings. The van der Waals surface area contributed by atoms with E-state index in [4.69, 9.17) is 0 Å². The number of rotatable bonds is 8. The molecule has 8 heteroatoms. The average molecular weight is 380 g/mol. The number of unbranched alkanes of at least 4 members (excludes halogenated alkanes) is 1. The molecule has 1 aromatic carbocycles. The fourth-order valence-electron chi connectivity index (χ4n) is 2.87. The number of fused-ring (bicyclic) bond motifs is 1. The van der Waals surface area contributed by atoms with Crippen molar-refractivity contribution in [3.63, 3.8) is 0 Å². The van der Waals surface area contributed by atoms with Crippen molar-refractivity contribution in [2.75, 3.05) is 0 Å². The quantitative estimate of drug-likeness (QED) is 0.409. The number of carbonyl (C=O) groups excluding carboxylic acids is 1. The van der Waals surface area contributed by atoms with Crippen molar-refractivity contribution in [3.8, 4) is 0 Å². The van der Waals surface area contributed by atoms with Crippen molar-refractivity contribution in [2.24, 2.45) is 0 Å². The molecule has 3 heterocycles. The van der Waals surface area contributed by atoms with Gasteiger partial charge in [-0.05, 0) is 31.4 Å². The molecule has 0 radical (unpaired) electrons. The first-order valence-electron chi connectivity index (χ1n) is 8.92. The fraction of sp³-hybridized carbons (Fsp3) is 0.263. The predicted octanol–water partition coefficient (Wildman–Crippen LogP) is 3.24. The Morgan fingerprint density at radius 3 is 2.85 bits per heavy atom. The lowest BCUT2D eigenvalue weighted by molar-refractivity contribution is 0.0945. The van der Waals surface area contributed by atoms with E-state index in [1.165, 1.54) is 11.3 Å². The SMILES string of the molecule is O=C(NCc1ncc[nH]1)c1csc(CCCCc2nc3ccccc3[nH]2)n1. The Kier molecular flexibility index (Phi) is 5.24. The van der Waals surface area contributed by atoms with Gasteiger partial charge < -0.3 is 15.3 Å². The van der Waals surface area contributed by atoms with Gasteiger partial charge in [-0.3, -0.25) is 4.79 Å². The molecule has 1 amide bonds. The van der Waals surface area contributed by atoms with E-state index >= 15 is 0 Å². The Morgan fingerprint density at radius 2 is 2.00 bits per heavy atom. The van der Waals surface area contributed by atoms with Crippen LogP contribution in [0, 0.1) is 0 Å². The molecule has 0 atom stereocenters. The molecule has 7 nitrogen and oxygen atoms in total. The van der Waals surface area contributed by atoms with E-state index in [0.29, 0.717) is 12.2 Å². The van der Waals surface area contributed by atoms with Crippen LogP contribution in [0.3, 0.4) is 0 Å². The van der Waals surface area contributed by atoms with Gasteiger partial charge in [0.05, 0.1) is 22.6 Å². The normalized spacial score (nSPS) is 11.1. The van der Waals surface area contributed by atoms with E-state index < -0.39 is 0 Å². The van der Waals surface area contributed by atoms with E-state index in [-0.39, 0.29) is 5.91 Å². The Hall–Kier alpha value is -3.00. The molecule has 0 spiro atoms. The van der Waals surface area contributed by atoms with Gasteiger partial charge in [0.25, 0.3) is 5.91 Å². The summed E-state index contributed by atoms with van der Waals surface area (Å²) in [5.74, 6) is 1.58. The van der Waals surface area contributed by atoms with Crippen molar-refractivity contribution in [2.45, 2.75) is 32.2 Å². The number of aryl methyl sites for hydroxylation is 2. The van der Waals surface area contributed by atoms with Gasteiger partial charge in [-0.1, -0.05) is 12.1 Å². The molecule has 3 N–H and O–H groups in total. The van der Waals surface area contributed by atoms with Crippen LogP contribution in [0.2, 0.25) is 0 Å². The summed E-state index contributed by atoms with van der Waals surface area (Å²) in [6.07, 6.45) is 7.21. The maximum atomic E-state index is 12.1. The number of amides is 1. The van der Waals surface area contributed by atoms with Gasteiger partial charge >= 0.3 is 0 Å². The highest BCUT2D eigenvalue weighted by Gasteiger charge is 2.11. The second kappa shape index (κ2) is 8.13. The monoisotopic (exact) mass is 380 g/mol. The fourth-order valence-corrected chi connectivity index (χ4v) is 3.69. The minimum atomic E-state index is -0.170. The zero-order valence-electron chi connectivity index (χ0n) is 14.7. The van der Waals surface area contributed by atoms with Gasteiger partial charge in [-0.25, -0.2) is 15.0 Å². The molecular formula is C19H20N6OS. The molecule has 4 rings (SSSR count). The molecule has 0 aliphatic rings. The van der Waals surface area contributed by atoms with Crippen LogP contribution >= 0.6 is 11.3 Å². The van der Waals surface area contributed by atoms with Crippen LogP contribution in [-0.4, -0.2) is 30.8 Å². The van der Waals surface area contributed by atoms with Gasteiger partial charge in [0, 0.05) is 24.2 Å². The number of hydrogen-bond donors (Lipinski definition) is 3. The number of nitrogens with one attached hydrogen (secondary N) is 3. The van der Waals surface area contributed by atoms with E-state index in [0.717, 1.165) is 53.4 Å². The first kappa shape index (κ1) is 17.4. The maximum Gasteiger partial charge on any atom is 0.271 e. The summed E-state index contributed by atoms with van der Waals surface area (Å²) < 4.78 is 0. The van der Waals surface area contributed by atoms with Crippen LogP contribution < -0.4 is 5.32 Å². The first-order chi connectivity index (χ1) is 13.3. The number of benzene rings is 1. The lowest BCUT2D eigenvalue weighted by atomic mass is 10.2. The zero-order valence-corrected chi connectivity index (χ0v) is 15.6. The van der Waals surface area contributed by atoms with E-state index in [1.807, 2.05) is 29.6 Å².